The predicted octanol–water partition coefficient (Wildman–Crippen LogP) is 2.24. The number of carbonyl (C=O) groups excluding carboxylic acids is 1. The molecule has 0 bridgehead atoms. The van der Waals surface area contributed by atoms with Gasteiger partial charge in [-0.25, -0.2) is 4.98 Å². The summed E-state index contributed by atoms with van der Waals surface area (Å²) in [7, 11) is 0. The van der Waals surface area contributed by atoms with Crippen molar-refractivity contribution in [2.24, 2.45) is 5.92 Å². The SMILES string of the molecule is CSc1nc(C(=O)N(CC(=O)O)CC(C)C)c2ccccn12. The minimum absolute atomic E-state index is 0.178. The normalized spacial score (nSPS) is 11.1. The van der Waals surface area contributed by atoms with Crippen LogP contribution in [0.15, 0.2) is 29.6 Å². The van der Waals surface area contributed by atoms with Gasteiger partial charge in [-0.05, 0) is 24.3 Å². The molecule has 1 N–H and O–H groups in total. The first-order valence-electron chi connectivity index (χ1n) is 6.96. The van der Waals surface area contributed by atoms with E-state index in [0.717, 1.165) is 0 Å². The van der Waals surface area contributed by atoms with E-state index in [0.29, 0.717) is 22.9 Å². The summed E-state index contributed by atoms with van der Waals surface area (Å²) in [6.45, 7) is 3.95. The van der Waals surface area contributed by atoms with E-state index in [1.165, 1.54) is 16.7 Å². The molecule has 6 nitrogen and oxygen atoms in total. The molecule has 2 aromatic rings. The molecule has 0 saturated heterocycles. The monoisotopic (exact) mass is 321 g/mol. The minimum Gasteiger partial charge on any atom is -0.480 e. The van der Waals surface area contributed by atoms with Crippen molar-refractivity contribution in [3.05, 3.63) is 30.1 Å². The van der Waals surface area contributed by atoms with Gasteiger partial charge in [0.2, 0.25) is 0 Å². The second kappa shape index (κ2) is 6.83. The van der Waals surface area contributed by atoms with Gasteiger partial charge >= 0.3 is 5.97 Å². The maximum absolute atomic E-state index is 12.7. The molecule has 0 radical (unpaired) electrons. The molecule has 0 aromatic carbocycles. The van der Waals surface area contributed by atoms with Gasteiger partial charge < -0.3 is 10.0 Å². The van der Waals surface area contributed by atoms with Crippen LogP contribution in [0.4, 0.5) is 0 Å². The number of thioether (sulfide) groups is 1. The number of imidazole rings is 1. The number of pyridine rings is 1. The molecule has 2 aromatic heterocycles. The van der Waals surface area contributed by atoms with Gasteiger partial charge in [0.1, 0.15) is 6.54 Å². The standard InChI is InChI=1S/C15H19N3O3S/c1-10(2)8-17(9-12(19)20)14(21)13-11-6-4-5-7-18(11)15(16-13)22-3/h4-7,10H,8-9H2,1-3H3,(H,19,20). The number of aliphatic carboxylic acids is 1. The Morgan fingerprint density at radius 1 is 1.41 bits per heavy atom. The summed E-state index contributed by atoms with van der Waals surface area (Å²) >= 11 is 1.44. The first-order chi connectivity index (χ1) is 10.4. The number of rotatable bonds is 6. The van der Waals surface area contributed by atoms with Gasteiger partial charge in [0.15, 0.2) is 10.9 Å². The third-order valence-electron chi connectivity index (χ3n) is 3.10. The molecule has 0 aliphatic rings. The second-order valence-corrected chi connectivity index (χ2v) is 6.15. The van der Waals surface area contributed by atoms with Gasteiger partial charge in [-0.1, -0.05) is 31.7 Å². The molecule has 0 atom stereocenters. The Labute approximate surface area is 133 Å². The Balaban J connectivity index is 2.44. The summed E-state index contributed by atoms with van der Waals surface area (Å²) in [5.74, 6) is -1.19. The van der Waals surface area contributed by atoms with Crippen LogP contribution in [0.2, 0.25) is 0 Å². The van der Waals surface area contributed by atoms with Crippen LogP contribution in [0.25, 0.3) is 5.52 Å². The van der Waals surface area contributed by atoms with Crippen LogP contribution >= 0.6 is 11.8 Å². The third kappa shape index (κ3) is 3.41. The fourth-order valence-corrected chi connectivity index (χ4v) is 2.82. The highest BCUT2D eigenvalue weighted by molar-refractivity contribution is 7.98. The van der Waals surface area contributed by atoms with E-state index in [-0.39, 0.29) is 18.4 Å². The Bertz CT molecular complexity index is 696. The highest BCUT2D eigenvalue weighted by Gasteiger charge is 2.24. The van der Waals surface area contributed by atoms with E-state index >= 15 is 0 Å². The smallest absolute Gasteiger partial charge is 0.323 e. The minimum atomic E-state index is -1.03. The molecular weight excluding hydrogens is 302 g/mol. The van der Waals surface area contributed by atoms with Crippen LogP contribution in [0.5, 0.6) is 0 Å². The summed E-state index contributed by atoms with van der Waals surface area (Å²) in [5.41, 5.74) is 0.989. The molecule has 0 fully saturated rings. The van der Waals surface area contributed by atoms with Crippen molar-refractivity contribution >= 4 is 29.2 Å². The summed E-state index contributed by atoms with van der Waals surface area (Å²) in [6.07, 6.45) is 3.73. The largest absolute Gasteiger partial charge is 0.480 e. The maximum atomic E-state index is 12.7. The lowest BCUT2D eigenvalue weighted by atomic mass is 10.2. The number of hydrogen-bond acceptors (Lipinski definition) is 4. The number of fused-ring (bicyclic) bond motifs is 1. The molecule has 118 valence electrons. The second-order valence-electron chi connectivity index (χ2n) is 5.38. The number of nitrogens with zero attached hydrogens (tertiary/aromatic N) is 3. The number of hydrogen-bond donors (Lipinski definition) is 1. The zero-order valence-electron chi connectivity index (χ0n) is 12.8. The van der Waals surface area contributed by atoms with Gasteiger partial charge in [0.25, 0.3) is 5.91 Å². The molecular formula is C15H19N3O3S. The van der Waals surface area contributed by atoms with Gasteiger partial charge in [-0.15, -0.1) is 0 Å². The average Bonchev–Trinajstić information content (AvgIpc) is 2.83. The van der Waals surface area contributed by atoms with E-state index in [9.17, 15) is 9.59 Å². The Morgan fingerprint density at radius 3 is 2.73 bits per heavy atom. The molecule has 0 saturated carbocycles. The molecule has 7 heteroatoms. The average molecular weight is 321 g/mol. The summed E-state index contributed by atoms with van der Waals surface area (Å²) < 4.78 is 1.84. The molecule has 2 heterocycles. The Hall–Kier alpha value is -2.02. The number of aromatic nitrogens is 2. The van der Waals surface area contributed by atoms with Gasteiger partial charge in [-0.3, -0.25) is 14.0 Å². The molecule has 1 amide bonds. The lowest BCUT2D eigenvalue weighted by Gasteiger charge is -2.21. The van der Waals surface area contributed by atoms with Crippen LogP contribution in [-0.2, 0) is 4.79 Å². The molecule has 22 heavy (non-hydrogen) atoms. The van der Waals surface area contributed by atoms with Crippen molar-refractivity contribution in [2.75, 3.05) is 19.3 Å². The van der Waals surface area contributed by atoms with Crippen LogP contribution in [0, 0.1) is 5.92 Å². The summed E-state index contributed by atoms with van der Waals surface area (Å²) in [4.78, 5) is 29.5. The van der Waals surface area contributed by atoms with Crippen molar-refractivity contribution in [1.29, 1.82) is 0 Å². The Morgan fingerprint density at radius 2 is 2.14 bits per heavy atom. The van der Waals surface area contributed by atoms with Crippen molar-refractivity contribution in [2.45, 2.75) is 19.0 Å². The van der Waals surface area contributed by atoms with Crippen molar-refractivity contribution in [1.82, 2.24) is 14.3 Å². The van der Waals surface area contributed by atoms with Crippen LogP contribution in [-0.4, -0.2) is 50.6 Å². The highest BCUT2D eigenvalue weighted by Crippen LogP contribution is 2.21. The predicted molar refractivity (Wildman–Crippen MR) is 85.4 cm³/mol. The van der Waals surface area contributed by atoms with Gasteiger partial charge in [0.05, 0.1) is 5.52 Å². The van der Waals surface area contributed by atoms with E-state index < -0.39 is 5.97 Å². The third-order valence-corrected chi connectivity index (χ3v) is 3.75. The zero-order chi connectivity index (χ0) is 16.3. The lowest BCUT2D eigenvalue weighted by molar-refractivity contribution is -0.137. The Kier molecular flexibility index (Phi) is 5.07. The van der Waals surface area contributed by atoms with Crippen LogP contribution in [0.3, 0.4) is 0 Å². The number of carboxylic acid groups (broad SMARTS) is 1. The lowest BCUT2D eigenvalue weighted by Crippen LogP contribution is -2.38. The van der Waals surface area contributed by atoms with Gasteiger partial charge in [0, 0.05) is 12.7 Å². The van der Waals surface area contributed by atoms with Gasteiger partial charge in [-0.2, -0.15) is 0 Å². The molecule has 0 aliphatic carbocycles. The molecule has 0 unspecified atom stereocenters. The van der Waals surface area contributed by atoms with E-state index in [2.05, 4.69) is 4.98 Å². The zero-order valence-corrected chi connectivity index (χ0v) is 13.6. The van der Waals surface area contributed by atoms with Crippen molar-refractivity contribution in [3.63, 3.8) is 0 Å². The first kappa shape index (κ1) is 16.4. The fraction of sp³-hybridized carbons (Fsp3) is 0.400. The van der Waals surface area contributed by atoms with Crippen LogP contribution in [0.1, 0.15) is 24.3 Å². The van der Waals surface area contributed by atoms with Crippen molar-refractivity contribution < 1.29 is 14.7 Å². The summed E-state index contributed by atoms with van der Waals surface area (Å²) in [6, 6.07) is 5.52. The quantitative estimate of drug-likeness (QED) is 0.826. The fourth-order valence-electron chi connectivity index (χ4n) is 2.28. The maximum Gasteiger partial charge on any atom is 0.323 e. The van der Waals surface area contributed by atoms with E-state index in [1.807, 2.05) is 48.9 Å². The first-order valence-corrected chi connectivity index (χ1v) is 8.18. The van der Waals surface area contributed by atoms with Crippen LogP contribution < -0.4 is 0 Å². The highest BCUT2D eigenvalue weighted by atomic mass is 32.2. The van der Waals surface area contributed by atoms with E-state index in [1.54, 1.807) is 0 Å². The van der Waals surface area contributed by atoms with E-state index in [4.69, 9.17) is 5.11 Å². The van der Waals surface area contributed by atoms with Crippen molar-refractivity contribution in [3.8, 4) is 0 Å². The number of carboxylic acids is 1. The molecule has 0 aliphatic heterocycles. The molecule has 0 spiro atoms. The number of carbonyl (C=O) groups is 2. The topological polar surface area (TPSA) is 74.9 Å². The molecule has 2 rings (SSSR count). The number of amides is 1. The summed E-state index contributed by atoms with van der Waals surface area (Å²) in [5, 5.41) is 9.74.